The fourth-order valence-electron chi connectivity index (χ4n) is 1.50. The SMILES string of the molecule is Clc1ccc([Se]c2nc3ccccc3s2)cc1. The number of hydrogen-bond acceptors (Lipinski definition) is 2. The Kier molecular flexibility index (Phi) is 3.17. The first-order valence-electron chi connectivity index (χ1n) is 5.10. The normalized spacial score (nSPS) is 10.9. The quantitative estimate of drug-likeness (QED) is 0.660. The van der Waals surface area contributed by atoms with E-state index in [2.05, 4.69) is 35.3 Å². The molecule has 4 heteroatoms. The van der Waals surface area contributed by atoms with Gasteiger partial charge in [0.15, 0.2) is 0 Å². The summed E-state index contributed by atoms with van der Waals surface area (Å²) in [5.74, 6) is 0. The van der Waals surface area contributed by atoms with Gasteiger partial charge in [0.1, 0.15) is 0 Å². The van der Waals surface area contributed by atoms with Crippen molar-refractivity contribution in [1.82, 2.24) is 4.98 Å². The minimum atomic E-state index is 0.272. The second-order valence-corrected chi connectivity index (χ2v) is 7.78. The second kappa shape index (κ2) is 4.79. The van der Waals surface area contributed by atoms with Gasteiger partial charge in [0.2, 0.25) is 0 Å². The molecule has 0 unspecified atom stereocenters. The maximum absolute atomic E-state index is 5.87. The summed E-state index contributed by atoms with van der Waals surface area (Å²) in [5.41, 5.74) is 1.10. The van der Waals surface area contributed by atoms with Crippen LogP contribution < -0.4 is 8.37 Å². The van der Waals surface area contributed by atoms with Crippen molar-refractivity contribution in [3.8, 4) is 0 Å². The van der Waals surface area contributed by atoms with Gasteiger partial charge in [-0.1, -0.05) is 0 Å². The first-order chi connectivity index (χ1) is 8.31. The zero-order chi connectivity index (χ0) is 11.7. The molecule has 17 heavy (non-hydrogen) atoms. The van der Waals surface area contributed by atoms with Gasteiger partial charge in [-0.05, 0) is 0 Å². The van der Waals surface area contributed by atoms with E-state index in [9.17, 15) is 0 Å². The minimum absolute atomic E-state index is 0.272. The number of para-hydroxylation sites is 1. The predicted molar refractivity (Wildman–Crippen MR) is 76.1 cm³/mol. The van der Waals surface area contributed by atoms with E-state index in [1.807, 2.05) is 18.2 Å². The Labute approximate surface area is 115 Å². The average Bonchev–Trinajstić information content (AvgIpc) is 2.74. The van der Waals surface area contributed by atoms with Crippen LogP contribution in [0.3, 0.4) is 0 Å². The van der Waals surface area contributed by atoms with E-state index in [1.165, 1.54) is 13.1 Å². The van der Waals surface area contributed by atoms with Crippen LogP contribution in [0.4, 0.5) is 0 Å². The van der Waals surface area contributed by atoms with Gasteiger partial charge >= 0.3 is 115 Å². The second-order valence-electron chi connectivity index (χ2n) is 3.50. The van der Waals surface area contributed by atoms with Gasteiger partial charge in [-0.3, -0.25) is 0 Å². The van der Waals surface area contributed by atoms with Crippen LogP contribution in [0.5, 0.6) is 0 Å². The van der Waals surface area contributed by atoms with Gasteiger partial charge in [0.05, 0.1) is 0 Å². The number of benzene rings is 2. The third kappa shape index (κ3) is 2.53. The summed E-state index contributed by atoms with van der Waals surface area (Å²) in [7, 11) is 0. The van der Waals surface area contributed by atoms with Crippen molar-refractivity contribution >= 4 is 56.5 Å². The van der Waals surface area contributed by atoms with Gasteiger partial charge in [-0.25, -0.2) is 0 Å². The number of fused-ring (bicyclic) bond motifs is 1. The number of rotatable bonds is 2. The average molecular weight is 325 g/mol. The molecule has 1 aromatic heterocycles. The van der Waals surface area contributed by atoms with E-state index in [4.69, 9.17) is 11.6 Å². The summed E-state index contributed by atoms with van der Waals surface area (Å²) in [5, 5.41) is 0.786. The Hall–Kier alpha value is -0.861. The summed E-state index contributed by atoms with van der Waals surface area (Å²) in [6.07, 6.45) is 0. The number of nitrogens with zero attached hydrogens (tertiary/aromatic N) is 1. The Balaban J connectivity index is 1.92. The van der Waals surface area contributed by atoms with E-state index in [1.54, 1.807) is 11.3 Å². The van der Waals surface area contributed by atoms with Crippen LogP contribution in [0.25, 0.3) is 10.2 Å². The first kappa shape index (κ1) is 11.2. The Morgan fingerprint density at radius 1 is 1.00 bits per heavy atom. The van der Waals surface area contributed by atoms with Crippen LogP contribution in [0.1, 0.15) is 0 Å². The number of halogens is 1. The Morgan fingerprint density at radius 2 is 1.76 bits per heavy atom. The monoisotopic (exact) mass is 325 g/mol. The summed E-state index contributed by atoms with van der Waals surface area (Å²) in [6.45, 7) is 0. The molecule has 3 rings (SSSR count). The topological polar surface area (TPSA) is 12.9 Å². The van der Waals surface area contributed by atoms with Gasteiger partial charge in [-0.2, -0.15) is 0 Å². The molecule has 0 aliphatic heterocycles. The van der Waals surface area contributed by atoms with Crippen molar-refractivity contribution in [2.75, 3.05) is 0 Å². The van der Waals surface area contributed by atoms with Crippen LogP contribution in [-0.2, 0) is 0 Å². The molecule has 1 heterocycles. The summed E-state index contributed by atoms with van der Waals surface area (Å²) in [4.78, 5) is 4.64. The maximum atomic E-state index is 5.87. The zero-order valence-corrected chi connectivity index (χ0v) is 12.0. The number of hydrogen-bond donors (Lipinski definition) is 0. The molecule has 0 aliphatic rings. The molecule has 0 N–H and O–H groups in total. The van der Waals surface area contributed by atoms with E-state index in [0.29, 0.717) is 0 Å². The van der Waals surface area contributed by atoms with Gasteiger partial charge in [0, 0.05) is 0 Å². The standard InChI is InChI=1S/C13H8ClNSSe/c14-9-5-7-10(8-6-9)17-13-15-11-3-1-2-4-12(11)16-13/h1-8H. The Bertz CT molecular complexity index is 615. The number of thiazole rings is 1. The van der Waals surface area contributed by atoms with Crippen LogP contribution in [0, 0.1) is 0 Å². The molecule has 0 spiro atoms. The van der Waals surface area contributed by atoms with E-state index in [0.717, 1.165) is 10.5 Å². The number of aromatic nitrogens is 1. The molecule has 0 atom stereocenters. The summed E-state index contributed by atoms with van der Waals surface area (Å²) >= 11 is 7.92. The molecule has 0 saturated heterocycles. The molecule has 0 aliphatic carbocycles. The molecule has 0 amide bonds. The zero-order valence-electron chi connectivity index (χ0n) is 8.76. The van der Waals surface area contributed by atoms with Crippen molar-refractivity contribution in [3.05, 3.63) is 53.6 Å². The first-order valence-corrected chi connectivity index (χ1v) is 8.01. The van der Waals surface area contributed by atoms with Crippen LogP contribution in [0.2, 0.25) is 5.02 Å². The van der Waals surface area contributed by atoms with Gasteiger partial charge < -0.3 is 0 Å². The molecular formula is C13H8ClNSSe. The summed E-state index contributed by atoms with van der Waals surface area (Å²) < 4.78 is 3.78. The van der Waals surface area contributed by atoms with Crippen molar-refractivity contribution in [2.45, 2.75) is 0 Å². The predicted octanol–water partition coefficient (Wildman–Crippen LogP) is 2.60. The molecule has 0 bridgehead atoms. The molecular weight excluding hydrogens is 317 g/mol. The van der Waals surface area contributed by atoms with Crippen molar-refractivity contribution in [1.29, 1.82) is 0 Å². The molecule has 0 fully saturated rings. The van der Waals surface area contributed by atoms with E-state index >= 15 is 0 Å². The van der Waals surface area contributed by atoms with Crippen molar-refractivity contribution in [3.63, 3.8) is 0 Å². The molecule has 0 radical (unpaired) electrons. The van der Waals surface area contributed by atoms with Crippen LogP contribution in [-0.4, -0.2) is 19.9 Å². The Morgan fingerprint density at radius 3 is 2.53 bits per heavy atom. The van der Waals surface area contributed by atoms with Crippen molar-refractivity contribution < 1.29 is 0 Å². The molecule has 2 aromatic carbocycles. The third-order valence-corrected chi connectivity index (χ3v) is 5.96. The van der Waals surface area contributed by atoms with Crippen LogP contribution in [0.15, 0.2) is 48.5 Å². The van der Waals surface area contributed by atoms with Crippen molar-refractivity contribution in [2.24, 2.45) is 0 Å². The molecule has 0 saturated carbocycles. The third-order valence-electron chi connectivity index (χ3n) is 2.29. The van der Waals surface area contributed by atoms with E-state index in [-0.39, 0.29) is 15.0 Å². The van der Waals surface area contributed by atoms with Crippen LogP contribution >= 0.6 is 22.9 Å². The van der Waals surface area contributed by atoms with Gasteiger partial charge in [0.25, 0.3) is 0 Å². The van der Waals surface area contributed by atoms with Gasteiger partial charge in [-0.15, -0.1) is 0 Å². The molecule has 1 nitrogen and oxygen atoms in total. The molecule has 84 valence electrons. The summed E-state index contributed by atoms with van der Waals surface area (Å²) in [6, 6.07) is 16.3. The fourth-order valence-corrected chi connectivity index (χ4v) is 4.99. The van der Waals surface area contributed by atoms with E-state index < -0.39 is 0 Å². The fraction of sp³-hybridized carbons (Fsp3) is 0. The molecule has 3 aromatic rings.